The summed E-state index contributed by atoms with van der Waals surface area (Å²) in [6.07, 6.45) is 2.78. The molecule has 0 bridgehead atoms. The molecule has 0 fully saturated rings. The predicted octanol–water partition coefficient (Wildman–Crippen LogP) is 3.58. The van der Waals surface area contributed by atoms with E-state index in [0.29, 0.717) is 22.4 Å². The fraction of sp³-hybridized carbons (Fsp3) is 0.111. The first-order chi connectivity index (χ1) is 14.1. The zero-order valence-electron chi connectivity index (χ0n) is 15.3. The van der Waals surface area contributed by atoms with E-state index in [1.165, 1.54) is 11.3 Å². The molecule has 0 saturated heterocycles. The van der Waals surface area contributed by atoms with E-state index < -0.39 is 27.0 Å². The van der Waals surface area contributed by atoms with Gasteiger partial charge in [-0.1, -0.05) is 6.07 Å². The SMILES string of the molecule is O=P(O)(O)C(Cc1cc(-c2ccc3[nH]ncc3c2)cnc1-c1ccsc1)P(=O)(O)O. The average molecular weight is 465 g/mol. The van der Waals surface area contributed by atoms with Gasteiger partial charge in [0.25, 0.3) is 0 Å². The smallest absolute Gasteiger partial charge is 0.324 e. The molecule has 9 nitrogen and oxygen atoms in total. The van der Waals surface area contributed by atoms with Gasteiger partial charge in [-0.3, -0.25) is 19.2 Å². The summed E-state index contributed by atoms with van der Waals surface area (Å²) in [4.78, 5) is 42.7. The van der Waals surface area contributed by atoms with Crippen LogP contribution in [0.2, 0.25) is 0 Å². The van der Waals surface area contributed by atoms with Gasteiger partial charge in [0.2, 0.25) is 0 Å². The molecule has 3 heterocycles. The van der Waals surface area contributed by atoms with E-state index in [0.717, 1.165) is 16.5 Å². The van der Waals surface area contributed by atoms with Gasteiger partial charge in [-0.15, -0.1) is 0 Å². The third kappa shape index (κ3) is 4.31. The Hall–Kier alpha value is -2.16. The summed E-state index contributed by atoms with van der Waals surface area (Å²) in [6.45, 7) is 0. The highest BCUT2D eigenvalue weighted by atomic mass is 32.1. The number of hydrogen-bond donors (Lipinski definition) is 5. The van der Waals surface area contributed by atoms with Gasteiger partial charge >= 0.3 is 15.2 Å². The van der Waals surface area contributed by atoms with Gasteiger partial charge < -0.3 is 19.6 Å². The van der Waals surface area contributed by atoms with Crippen molar-refractivity contribution in [3.63, 3.8) is 0 Å². The van der Waals surface area contributed by atoms with Gasteiger partial charge in [-0.05, 0) is 40.8 Å². The lowest BCUT2D eigenvalue weighted by Gasteiger charge is -2.21. The molecule has 1 aromatic carbocycles. The van der Waals surface area contributed by atoms with Crippen LogP contribution in [0, 0.1) is 0 Å². The molecule has 156 valence electrons. The first-order valence-corrected chi connectivity index (χ1v) is 13.0. The summed E-state index contributed by atoms with van der Waals surface area (Å²) in [5.74, 6) is 0. The average Bonchev–Trinajstić information content (AvgIpc) is 3.35. The number of hydrogen-bond acceptors (Lipinski definition) is 5. The number of aromatic nitrogens is 3. The van der Waals surface area contributed by atoms with E-state index in [1.807, 2.05) is 29.0 Å². The number of fused-ring (bicyclic) bond motifs is 1. The molecule has 30 heavy (non-hydrogen) atoms. The highest BCUT2D eigenvalue weighted by Crippen LogP contribution is 2.61. The molecule has 0 unspecified atom stereocenters. The van der Waals surface area contributed by atoms with E-state index in [2.05, 4.69) is 15.2 Å². The Morgan fingerprint density at radius 3 is 2.40 bits per heavy atom. The van der Waals surface area contributed by atoms with Crippen LogP contribution in [0.5, 0.6) is 0 Å². The molecular weight excluding hydrogens is 448 g/mol. The molecule has 12 heteroatoms. The largest absolute Gasteiger partial charge is 0.341 e. The Bertz CT molecular complexity index is 1270. The second kappa shape index (κ2) is 7.83. The molecule has 0 aliphatic rings. The number of benzene rings is 1. The molecule has 4 aromatic rings. The van der Waals surface area contributed by atoms with E-state index >= 15 is 0 Å². The molecule has 5 N–H and O–H groups in total. The zero-order chi connectivity index (χ0) is 21.5. The quantitative estimate of drug-likeness (QED) is 0.271. The van der Waals surface area contributed by atoms with E-state index in [1.54, 1.807) is 24.5 Å². The number of nitrogens with one attached hydrogen (secondary N) is 1. The number of H-pyrrole nitrogens is 1. The van der Waals surface area contributed by atoms with Gasteiger partial charge in [0.05, 0.1) is 17.4 Å². The highest BCUT2D eigenvalue weighted by molar-refractivity contribution is 7.70. The Morgan fingerprint density at radius 1 is 0.967 bits per heavy atom. The molecule has 0 aliphatic heterocycles. The van der Waals surface area contributed by atoms with Crippen LogP contribution in [0.3, 0.4) is 0 Å². The normalized spacial score (nSPS) is 12.7. The summed E-state index contributed by atoms with van der Waals surface area (Å²) in [7, 11) is -10.1. The second-order valence-corrected chi connectivity index (χ2v) is 11.6. The molecule has 4 rings (SSSR count). The van der Waals surface area contributed by atoms with Crippen molar-refractivity contribution in [2.24, 2.45) is 0 Å². The van der Waals surface area contributed by atoms with E-state index in [4.69, 9.17) is 0 Å². The fourth-order valence-electron chi connectivity index (χ4n) is 3.24. The molecule has 0 radical (unpaired) electrons. The van der Waals surface area contributed by atoms with Crippen molar-refractivity contribution >= 4 is 37.4 Å². The third-order valence-corrected chi connectivity index (χ3v) is 9.12. The minimum atomic E-state index is -5.07. The standard InChI is InChI=1S/C18H17N3O6P2S/c22-28(23,24)17(29(25,26)27)7-13-6-14(8-19-18(13)12-3-4-30-10-12)11-1-2-16-15(5-11)9-20-21-16/h1-6,8-10,17H,7H2,(H,20,21)(H2,22,23,24)(H2,25,26,27). The van der Waals surface area contributed by atoms with E-state index in [9.17, 15) is 28.7 Å². The summed E-state index contributed by atoms with van der Waals surface area (Å²) in [5.41, 5.74) is 3.78. The number of rotatable bonds is 6. The lowest BCUT2D eigenvalue weighted by molar-refractivity contribution is 0.338. The maximum atomic E-state index is 11.8. The minimum Gasteiger partial charge on any atom is -0.324 e. The summed E-state index contributed by atoms with van der Waals surface area (Å²) >= 11 is 1.42. The third-order valence-electron chi connectivity index (χ3n) is 4.71. The Morgan fingerprint density at radius 2 is 1.73 bits per heavy atom. The number of aromatic amines is 1. The first kappa shape index (κ1) is 21.1. The Balaban J connectivity index is 1.84. The number of pyridine rings is 1. The van der Waals surface area contributed by atoms with Gasteiger partial charge in [-0.2, -0.15) is 16.4 Å². The van der Waals surface area contributed by atoms with E-state index in [-0.39, 0.29) is 0 Å². The number of thiophene rings is 1. The van der Waals surface area contributed by atoms with Crippen molar-refractivity contribution in [3.05, 3.63) is 59.0 Å². The van der Waals surface area contributed by atoms with Gasteiger partial charge in [-0.25, -0.2) is 0 Å². The van der Waals surface area contributed by atoms with Crippen LogP contribution in [0.1, 0.15) is 5.56 Å². The number of nitrogens with zero attached hydrogens (tertiary/aromatic N) is 2. The maximum Gasteiger partial charge on any atom is 0.341 e. The van der Waals surface area contributed by atoms with Crippen molar-refractivity contribution < 1.29 is 28.7 Å². The lowest BCUT2D eigenvalue weighted by atomic mass is 10.00. The van der Waals surface area contributed by atoms with Crippen molar-refractivity contribution in [3.8, 4) is 22.4 Å². The molecule has 0 saturated carbocycles. The van der Waals surface area contributed by atoms with Gasteiger partial charge in [0.1, 0.15) is 0 Å². The molecule has 0 amide bonds. The summed E-state index contributed by atoms with van der Waals surface area (Å²) in [5, 5.41) is 9.21. The molecule has 3 aromatic heterocycles. The van der Waals surface area contributed by atoms with Crippen molar-refractivity contribution in [2.75, 3.05) is 0 Å². The second-order valence-electron chi connectivity index (χ2n) is 6.78. The predicted molar refractivity (Wildman–Crippen MR) is 114 cm³/mol. The van der Waals surface area contributed by atoms with Crippen LogP contribution in [0.25, 0.3) is 33.3 Å². The van der Waals surface area contributed by atoms with Crippen LogP contribution < -0.4 is 0 Å². The Labute approximate surface area is 174 Å². The topological polar surface area (TPSA) is 157 Å². The van der Waals surface area contributed by atoms with Crippen molar-refractivity contribution in [1.29, 1.82) is 0 Å². The van der Waals surface area contributed by atoms with Crippen LogP contribution in [0.15, 0.2) is 53.5 Å². The van der Waals surface area contributed by atoms with Crippen LogP contribution in [-0.2, 0) is 15.6 Å². The highest BCUT2D eigenvalue weighted by Gasteiger charge is 2.43. The molecule has 0 spiro atoms. The molecular formula is C18H17N3O6P2S. The fourth-order valence-corrected chi connectivity index (χ4v) is 6.31. The van der Waals surface area contributed by atoms with Crippen molar-refractivity contribution in [2.45, 2.75) is 11.8 Å². The summed E-state index contributed by atoms with van der Waals surface area (Å²) in [6, 6.07) is 9.03. The van der Waals surface area contributed by atoms with Crippen molar-refractivity contribution in [1.82, 2.24) is 15.2 Å². The zero-order valence-corrected chi connectivity index (χ0v) is 17.9. The van der Waals surface area contributed by atoms with Crippen LogP contribution in [0.4, 0.5) is 0 Å². The lowest BCUT2D eigenvalue weighted by Crippen LogP contribution is -2.14. The van der Waals surface area contributed by atoms with Crippen LogP contribution in [-0.4, -0.2) is 40.2 Å². The monoisotopic (exact) mass is 465 g/mol. The molecule has 0 atom stereocenters. The Kier molecular flexibility index (Phi) is 5.50. The maximum absolute atomic E-state index is 11.8. The summed E-state index contributed by atoms with van der Waals surface area (Å²) < 4.78 is 23.7. The minimum absolute atomic E-state index is 0.342. The van der Waals surface area contributed by atoms with Gasteiger partial charge in [0, 0.05) is 34.5 Å². The van der Waals surface area contributed by atoms with Gasteiger partial charge in [0.15, 0.2) is 5.40 Å². The first-order valence-electron chi connectivity index (χ1n) is 8.68. The molecule has 0 aliphatic carbocycles. The van der Waals surface area contributed by atoms with Crippen LogP contribution >= 0.6 is 26.5 Å².